The van der Waals surface area contributed by atoms with E-state index in [0.717, 1.165) is 11.4 Å². The molecule has 1 heterocycles. The van der Waals surface area contributed by atoms with Crippen LogP contribution in [0, 0.1) is 0 Å². The summed E-state index contributed by atoms with van der Waals surface area (Å²) in [6, 6.07) is 2.63. The number of aromatic nitrogens is 2. The SMILES string of the molecule is NN=C(N)SCc1ccn(C2CCCC2)n1. The predicted molar refractivity (Wildman–Crippen MR) is 66.8 cm³/mol. The first-order chi connectivity index (χ1) is 7.79. The summed E-state index contributed by atoms with van der Waals surface area (Å²) in [7, 11) is 0. The van der Waals surface area contributed by atoms with Crippen molar-refractivity contribution in [1.82, 2.24) is 9.78 Å². The van der Waals surface area contributed by atoms with Gasteiger partial charge >= 0.3 is 0 Å². The highest BCUT2D eigenvalue weighted by Crippen LogP contribution is 2.28. The molecule has 88 valence electrons. The van der Waals surface area contributed by atoms with Gasteiger partial charge in [-0.1, -0.05) is 24.6 Å². The molecule has 1 aromatic heterocycles. The first-order valence-electron chi connectivity index (χ1n) is 5.50. The van der Waals surface area contributed by atoms with Gasteiger partial charge in [0.2, 0.25) is 0 Å². The van der Waals surface area contributed by atoms with Gasteiger partial charge in [0.25, 0.3) is 0 Å². The monoisotopic (exact) mass is 239 g/mol. The van der Waals surface area contributed by atoms with Crippen LogP contribution in [0.15, 0.2) is 17.4 Å². The van der Waals surface area contributed by atoms with Crippen LogP contribution < -0.4 is 11.6 Å². The van der Waals surface area contributed by atoms with E-state index in [4.69, 9.17) is 11.6 Å². The van der Waals surface area contributed by atoms with Gasteiger partial charge in [0.1, 0.15) is 0 Å². The maximum atomic E-state index is 5.50. The zero-order chi connectivity index (χ0) is 11.4. The maximum Gasteiger partial charge on any atom is 0.177 e. The second-order valence-electron chi connectivity index (χ2n) is 3.98. The van der Waals surface area contributed by atoms with Gasteiger partial charge in [-0.25, -0.2) is 0 Å². The van der Waals surface area contributed by atoms with Crippen molar-refractivity contribution in [2.24, 2.45) is 16.7 Å². The molecule has 0 radical (unpaired) electrons. The molecule has 2 rings (SSSR count). The Kier molecular flexibility index (Phi) is 3.71. The minimum absolute atomic E-state index is 0.399. The number of nitrogens with zero attached hydrogens (tertiary/aromatic N) is 3. The van der Waals surface area contributed by atoms with Crippen molar-refractivity contribution in [2.45, 2.75) is 37.5 Å². The van der Waals surface area contributed by atoms with Crippen LogP contribution >= 0.6 is 11.8 Å². The lowest BCUT2D eigenvalue weighted by Gasteiger charge is -2.08. The third-order valence-corrected chi connectivity index (χ3v) is 3.70. The van der Waals surface area contributed by atoms with Gasteiger partial charge in [0.05, 0.1) is 11.7 Å². The zero-order valence-corrected chi connectivity index (χ0v) is 9.99. The van der Waals surface area contributed by atoms with E-state index in [1.165, 1.54) is 37.4 Å². The molecule has 1 saturated carbocycles. The second-order valence-corrected chi connectivity index (χ2v) is 4.98. The van der Waals surface area contributed by atoms with Crippen LogP contribution in [0.5, 0.6) is 0 Å². The molecular weight excluding hydrogens is 222 g/mol. The molecule has 0 unspecified atom stereocenters. The van der Waals surface area contributed by atoms with E-state index in [1.807, 2.05) is 6.07 Å². The molecule has 0 saturated heterocycles. The van der Waals surface area contributed by atoms with Crippen LogP contribution in [0.3, 0.4) is 0 Å². The van der Waals surface area contributed by atoms with Crippen molar-refractivity contribution in [3.63, 3.8) is 0 Å². The molecule has 5 nitrogen and oxygen atoms in total. The molecule has 1 aliphatic carbocycles. The van der Waals surface area contributed by atoms with E-state index < -0.39 is 0 Å². The number of nitrogens with two attached hydrogens (primary N) is 2. The number of thioether (sulfide) groups is 1. The summed E-state index contributed by atoms with van der Waals surface area (Å²) in [5.74, 6) is 5.79. The lowest BCUT2D eigenvalue weighted by atomic mass is 10.3. The van der Waals surface area contributed by atoms with Crippen LogP contribution in [0.1, 0.15) is 37.4 Å². The van der Waals surface area contributed by atoms with Crippen LogP contribution in [-0.2, 0) is 5.75 Å². The van der Waals surface area contributed by atoms with Gasteiger partial charge in [-0.05, 0) is 18.9 Å². The fourth-order valence-corrected chi connectivity index (χ4v) is 2.54. The molecule has 1 aromatic rings. The van der Waals surface area contributed by atoms with E-state index in [-0.39, 0.29) is 0 Å². The normalized spacial score (nSPS) is 18.1. The van der Waals surface area contributed by atoms with E-state index in [2.05, 4.69) is 21.1 Å². The quantitative estimate of drug-likeness (QED) is 0.362. The molecule has 16 heavy (non-hydrogen) atoms. The standard InChI is InChI=1S/C10H17N5S/c11-10(13-12)16-7-8-5-6-15(14-8)9-3-1-2-4-9/h5-6,9H,1-4,7,12H2,(H2,11,13). The lowest BCUT2D eigenvalue weighted by molar-refractivity contribution is 0.464. The van der Waals surface area contributed by atoms with E-state index in [0.29, 0.717) is 11.2 Å². The fourth-order valence-electron chi connectivity index (χ4n) is 2.01. The Bertz CT molecular complexity index is 367. The van der Waals surface area contributed by atoms with Gasteiger partial charge in [-0.3, -0.25) is 4.68 Å². The molecule has 0 bridgehead atoms. The van der Waals surface area contributed by atoms with Crippen molar-refractivity contribution in [1.29, 1.82) is 0 Å². The zero-order valence-electron chi connectivity index (χ0n) is 9.17. The molecule has 0 aromatic carbocycles. The molecule has 0 aliphatic heterocycles. The molecule has 1 aliphatic rings. The highest BCUT2D eigenvalue weighted by atomic mass is 32.2. The molecule has 0 amide bonds. The molecule has 0 atom stereocenters. The van der Waals surface area contributed by atoms with Crippen molar-refractivity contribution in [3.05, 3.63) is 18.0 Å². The third-order valence-electron chi connectivity index (χ3n) is 2.86. The van der Waals surface area contributed by atoms with Crippen LogP contribution in [-0.4, -0.2) is 14.9 Å². The average Bonchev–Trinajstić information content (AvgIpc) is 2.95. The van der Waals surface area contributed by atoms with Crippen molar-refractivity contribution in [3.8, 4) is 0 Å². The fraction of sp³-hybridized carbons (Fsp3) is 0.600. The number of hydrogen-bond donors (Lipinski definition) is 2. The predicted octanol–water partition coefficient (Wildman–Crippen LogP) is 1.42. The summed E-state index contributed by atoms with van der Waals surface area (Å²) in [5, 5.41) is 8.35. The number of amidine groups is 1. The Labute approximate surface area is 99.3 Å². The first-order valence-corrected chi connectivity index (χ1v) is 6.48. The molecule has 1 fully saturated rings. The summed E-state index contributed by atoms with van der Waals surface area (Å²) in [6.45, 7) is 0. The van der Waals surface area contributed by atoms with Gasteiger partial charge in [0.15, 0.2) is 5.17 Å². The van der Waals surface area contributed by atoms with Crippen molar-refractivity contribution in [2.75, 3.05) is 0 Å². The Balaban J connectivity index is 1.91. The summed E-state index contributed by atoms with van der Waals surface area (Å²) < 4.78 is 2.08. The summed E-state index contributed by atoms with van der Waals surface area (Å²) in [4.78, 5) is 0. The minimum Gasteiger partial charge on any atom is -0.377 e. The third kappa shape index (κ3) is 2.69. The highest BCUT2D eigenvalue weighted by Gasteiger charge is 2.17. The Morgan fingerprint density at radius 2 is 2.31 bits per heavy atom. The van der Waals surface area contributed by atoms with Gasteiger partial charge in [0, 0.05) is 11.9 Å². The molecule has 4 N–H and O–H groups in total. The van der Waals surface area contributed by atoms with Crippen molar-refractivity contribution >= 4 is 16.9 Å². The van der Waals surface area contributed by atoms with Crippen LogP contribution in [0.25, 0.3) is 0 Å². The number of hydrazone groups is 1. The number of rotatable bonds is 3. The van der Waals surface area contributed by atoms with Gasteiger partial charge in [-0.15, -0.1) is 0 Å². The summed E-state index contributed by atoms with van der Waals surface area (Å²) in [6.07, 6.45) is 7.20. The largest absolute Gasteiger partial charge is 0.377 e. The van der Waals surface area contributed by atoms with Gasteiger partial charge in [-0.2, -0.15) is 10.2 Å². The Morgan fingerprint density at radius 3 is 3.00 bits per heavy atom. The summed E-state index contributed by atoms with van der Waals surface area (Å²) in [5.41, 5.74) is 6.53. The lowest BCUT2D eigenvalue weighted by Crippen LogP contribution is -2.10. The van der Waals surface area contributed by atoms with Crippen LogP contribution in [0.2, 0.25) is 0 Å². The maximum absolute atomic E-state index is 5.50. The van der Waals surface area contributed by atoms with Gasteiger partial charge < -0.3 is 11.6 Å². The Hall–Kier alpha value is -1.17. The van der Waals surface area contributed by atoms with E-state index in [1.54, 1.807) is 0 Å². The number of hydrogen-bond acceptors (Lipinski definition) is 4. The molecule has 0 spiro atoms. The molecular formula is C10H17N5S. The minimum atomic E-state index is 0.399. The van der Waals surface area contributed by atoms with Crippen molar-refractivity contribution < 1.29 is 0 Å². The smallest absolute Gasteiger partial charge is 0.177 e. The first kappa shape index (κ1) is 11.3. The molecule has 6 heteroatoms. The highest BCUT2D eigenvalue weighted by molar-refractivity contribution is 8.13. The van der Waals surface area contributed by atoms with E-state index >= 15 is 0 Å². The summed E-state index contributed by atoms with van der Waals surface area (Å²) >= 11 is 1.41. The van der Waals surface area contributed by atoms with Crippen LogP contribution in [0.4, 0.5) is 0 Å². The topological polar surface area (TPSA) is 82.2 Å². The average molecular weight is 239 g/mol. The Morgan fingerprint density at radius 1 is 1.56 bits per heavy atom. The van der Waals surface area contributed by atoms with E-state index in [9.17, 15) is 0 Å². The second kappa shape index (κ2) is 5.25.